The van der Waals surface area contributed by atoms with Crippen LogP contribution in [0.2, 0.25) is 0 Å². The quantitative estimate of drug-likeness (QED) is 0.906. The molecule has 1 amide bonds. The Morgan fingerprint density at radius 2 is 2.14 bits per heavy atom. The van der Waals surface area contributed by atoms with E-state index < -0.39 is 0 Å². The lowest BCUT2D eigenvalue weighted by Gasteiger charge is -2.19. The van der Waals surface area contributed by atoms with Crippen molar-refractivity contribution in [2.24, 2.45) is 5.92 Å². The summed E-state index contributed by atoms with van der Waals surface area (Å²) in [7, 11) is 0. The van der Waals surface area contributed by atoms with Crippen LogP contribution in [-0.2, 0) is 0 Å². The van der Waals surface area contributed by atoms with Crippen LogP contribution in [0.1, 0.15) is 42.1 Å². The molecular formula is C18H19N3O. The number of carbonyl (C=O) groups excluding carboxylic acids is 1. The van der Waals surface area contributed by atoms with Crippen molar-refractivity contribution in [2.75, 3.05) is 5.32 Å². The molecule has 0 saturated carbocycles. The summed E-state index contributed by atoms with van der Waals surface area (Å²) < 4.78 is 0. The Kier molecular flexibility index (Phi) is 5.26. The Balaban J connectivity index is 2.18. The van der Waals surface area contributed by atoms with Crippen molar-refractivity contribution >= 4 is 11.6 Å². The second-order valence-corrected chi connectivity index (χ2v) is 5.53. The van der Waals surface area contributed by atoms with E-state index in [-0.39, 0.29) is 11.8 Å². The molecule has 0 aliphatic rings. The molecule has 1 heterocycles. The predicted octanol–water partition coefficient (Wildman–Crippen LogP) is 3.99. The van der Waals surface area contributed by atoms with E-state index in [0.717, 1.165) is 11.3 Å². The van der Waals surface area contributed by atoms with Gasteiger partial charge in [-0.1, -0.05) is 26.0 Å². The fourth-order valence-electron chi connectivity index (χ4n) is 2.38. The lowest BCUT2D eigenvalue weighted by atomic mass is 9.86. The van der Waals surface area contributed by atoms with Crippen LogP contribution >= 0.6 is 0 Å². The number of nitrogens with one attached hydrogen (secondary N) is 1. The van der Waals surface area contributed by atoms with Gasteiger partial charge in [0.15, 0.2) is 0 Å². The van der Waals surface area contributed by atoms with Gasteiger partial charge in [0.25, 0.3) is 5.91 Å². The van der Waals surface area contributed by atoms with Crippen molar-refractivity contribution in [3.8, 4) is 6.07 Å². The molecule has 0 aliphatic heterocycles. The molecule has 2 rings (SSSR count). The molecular weight excluding hydrogens is 274 g/mol. The molecule has 4 nitrogen and oxygen atoms in total. The maximum atomic E-state index is 12.2. The van der Waals surface area contributed by atoms with Crippen LogP contribution in [0.25, 0.3) is 0 Å². The summed E-state index contributed by atoms with van der Waals surface area (Å²) >= 11 is 0. The highest BCUT2D eigenvalue weighted by molar-refractivity contribution is 6.04. The summed E-state index contributed by atoms with van der Waals surface area (Å²) in [6, 6.07) is 13.4. The number of nitrogens with zero attached hydrogens (tertiary/aromatic N) is 2. The van der Waals surface area contributed by atoms with Gasteiger partial charge >= 0.3 is 0 Å². The van der Waals surface area contributed by atoms with Gasteiger partial charge in [-0.25, -0.2) is 0 Å². The Labute approximate surface area is 130 Å². The molecule has 0 fully saturated rings. The summed E-state index contributed by atoms with van der Waals surface area (Å²) in [4.78, 5) is 16.1. The molecule has 4 heteroatoms. The number of rotatable bonds is 5. The summed E-state index contributed by atoms with van der Waals surface area (Å²) in [6.07, 6.45) is 3.63. The minimum atomic E-state index is -0.188. The molecule has 1 atom stereocenters. The molecule has 1 aromatic carbocycles. The van der Waals surface area contributed by atoms with Gasteiger partial charge in [-0.15, -0.1) is 0 Å². The lowest BCUT2D eigenvalue weighted by molar-refractivity contribution is 0.102. The second-order valence-electron chi connectivity index (χ2n) is 5.53. The standard InChI is InChI=1S/C18H19N3O/c1-13(2)17(8-9-19)14-5-3-7-16(11-14)21-18(22)15-6-4-10-20-12-15/h3-7,10-13,17H,8H2,1-2H3,(H,21,22). The van der Waals surface area contributed by atoms with Gasteiger partial charge in [0, 0.05) is 24.5 Å². The third-order valence-electron chi connectivity index (χ3n) is 3.61. The molecule has 0 aliphatic carbocycles. The fraction of sp³-hybridized carbons (Fsp3) is 0.278. The monoisotopic (exact) mass is 293 g/mol. The van der Waals surface area contributed by atoms with Gasteiger partial charge in [-0.2, -0.15) is 5.26 Å². The van der Waals surface area contributed by atoms with Gasteiger partial charge < -0.3 is 5.32 Å². The normalized spacial score (nSPS) is 11.7. The Morgan fingerprint density at radius 3 is 2.77 bits per heavy atom. The lowest BCUT2D eigenvalue weighted by Crippen LogP contribution is -2.13. The largest absolute Gasteiger partial charge is 0.322 e. The van der Waals surface area contributed by atoms with Crippen molar-refractivity contribution in [1.29, 1.82) is 5.26 Å². The summed E-state index contributed by atoms with van der Waals surface area (Å²) in [5.41, 5.74) is 2.32. The maximum Gasteiger partial charge on any atom is 0.257 e. The van der Waals surface area contributed by atoms with E-state index in [9.17, 15) is 4.79 Å². The SMILES string of the molecule is CC(C)C(CC#N)c1cccc(NC(=O)c2cccnc2)c1. The molecule has 1 aromatic heterocycles. The van der Waals surface area contributed by atoms with E-state index in [4.69, 9.17) is 5.26 Å². The van der Waals surface area contributed by atoms with E-state index in [1.54, 1.807) is 18.3 Å². The zero-order chi connectivity index (χ0) is 15.9. The average Bonchev–Trinajstić information content (AvgIpc) is 2.53. The molecule has 0 saturated heterocycles. The zero-order valence-corrected chi connectivity index (χ0v) is 12.8. The Hall–Kier alpha value is -2.67. The minimum absolute atomic E-state index is 0.167. The average molecular weight is 293 g/mol. The second kappa shape index (κ2) is 7.37. The van der Waals surface area contributed by atoms with Crippen LogP contribution in [0.5, 0.6) is 0 Å². The summed E-state index contributed by atoms with van der Waals surface area (Å²) in [5, 5.41) is 11.9. The predicted molar refractivity (Wildman–Crippen MR) is 86.4 cm³/mol. The third-order valence-corrected chi connectivity index (χ3v) is 3.61. The number of benzene rings is 1. The van der Waals surface area contributed by atoms with Crippen LogP contribution in [0.3, 0.4) is 0 Å². The van der Waals surface area contributed by atoms with Gasteiger partial charge in [-0.05, 0) is 41.7 Å². The molecule has 0 radical (unpaired) electrons. The van der Waals surface area contributed by atoms with Crippen LogP contribution in [0.4, 0.5) is 5.69 Å². The van der Waals surface area contributed by atoms with Gasteiger partial charge in [0.05, 0.1) is 11.6 Å². The Bertz CT molecular complexity index is 674. The summed E-state index contributed by atoms with van der Waals surface area (Å²) in [6.45, 7) is 4.20. The molecule has 0 bridgehead atoms. The fourth-order valence-corrected chi connectivity index (χ4v) is 2.38. The highest BCUT2D eigenvalue weighted by Crippen LogP contribution is 2.29. The minimum Gasteiger partial charge on any atom is -0.322 e. The number of carbonyl (C=O) groups is 1. The third kappa shape index (κ3) is 3.92. The first kappa shape index (κ1) is 15.7. The molecule has 2 aromatic rings. The number of pyridine rings is 1. The highest BCUT2D eigenvalue weighted by Gasteiger charge is 2.16. The topological polar surface area (TPSA) is 65.8 Å². The number of nitriles is 1. The first-order valence-corrected chi connectivity index (χ1v) is 7.30. The van der Waals surface area contributed by atoms with Gasteiger partial charge in [-0.3, -0.25) is 9.78 Å². The smallest absolute Gasteiger partial charge is 0.257 e. The van der Waals surface area contributed by atoms with Gasteiger partial charge in [0.2, 0.25) is 0 Å². The zero-order valence-electron chi connectivity index (χ0n) is 12.8. The first-order valence-electron chi connectivity index (χ1n) is 7.30. The van der Waals surface area contributed by atoms with Gasteiger partial charge in [0.1, 0.15) is 0 Å². The van der Waals surface area contributed by atoms with Crippen LogP contribution < -0.4 is 5.32 Å². The van der Waals surface area contributed by atoms with Crippen molar-refractivity contribution < 1.29 is 4.79 Å². The van der Waals surface area contributed by atoms with Crippen LogP contribution in [0, 0.1) is 17.2 Å². The van der Waals surface area contributed by atoms with E-state index in [1.165, 1.54) is 6.20 Å². The van der Waals surface area contributed by atoms with E-state index in [1.807, 2.05) is 24.3 Å². The Morgan fingerprint density at radius 1 is 1.32 bits per heavy atom. The van der Waals surface area contributed by atoms with Crippen LogP contribution in [-0.4, -0.2) is 10.9 Å². The number of aromatic nitrogens is 1. The number of hydrogen-bond acceptors (Lipinski definition) is 3. The number of amides is 1. The molecule has 1 N–H and O–H groups in total. The van der Waals surface area contributed by atoms with Crippen molar-refractivity contribution in [2.45, 2.75) is 26.2 Å². The molecule has 1 unspecified atom stereocenters. The molecule has 22 heavy (non-hydrogen) atoms. The molecule has 112 valence electrons. The van der Waals surface area contributed by atoms with E-state index in [2.05, 4.69) is 30.2 Å². The van der Waals surface area contributed by atoms with E-state index >= 15 is 0 Å². The summed E-state index contributed by atoms with van der Waals surface area (Å²) in [5.74, 6) is 0.343. The van der Waals surface area contributed by atoms with Crippen molar-refractivity contribution in [3.05, 3.63) is 59.9 Å². The maximum absolute atomic E-state index is 12.2. The highest BCUT2D eigenvalue weighted by atomic mass is 16.1. The van der Waals surface area contributed by atoms with Crippen molar-refractivity contribution in [1.82, 2.24) is 4.98 Å². The van der Waals surface area contributed by atoms with E-state index in [0.29, 0.717) is 17.9 Å². The van der Waals surface area contributed by atoms with Crippen molar-refractivity contribution in [3.63, 3.8) is 0 Å². The molecule has 0 spiro atoms. The first-order chi connectivity index (χ1) is 10.6. The number of anilines is 1. The van der Waals surface area contributed by atoms with Crippen LogP contribution in [0.15, 0.2) is 48.8 Å². The number of hydrogen-bond donors (Lipinski definition) is 1.